The van der Waals surface area contributed by atoms with E-state index in [1.807, 2.05) is 6.92 Å². The molecule has 3 aromatic heterocycles. The zero-order chi connectivity index (χ0) is 18.3. The van der Waals surface area contributed by atoms with E-state index >= 15 is 0 Å². The van der Waals surface area contributed by atoms with Gasteiger partial charge in [0.25, 0.3) is 5.91 Å². The third-order valence-corrected chi connectivity index (χ3v) is 4.88. The van der Waals surface area contributed by atoms with Crippen LogP contribution < -0.4 is 5.69 Å². The summed E-state index contributed by atoms with van der Waals surface area (Å²) in [6, 6.07) is 3.48. The molecule has 0 aliphatic carbocycles. The maximum absolute atomic E-state index is 12.9. The van der Waals surface area contributed by atoms with Crippen LogP contribution >= 0.6 is 0 Å². The molecular formula is C17H21N7O2. The van der Waals surface area contributed by atoms with Gasteiger partial charge in [0.2, 0.25) is 0 Å². The average molecular weight is 355 g/mol. The van der Waals surface area contributed by atoms with Gasteiger partial charge in [-0.3, -0.25) is 9.36 Å². The molecule has 1 amide bonds. The minimum Gasteiger partial charge on any atom is -0.337 e. The zero-order valence-electron chi connectivity index (χ0n) is 14.9. The Morgan fingerprint density at radius 3 is 2.96 bits per heavy atom. The number of hydrogen-bond acceptors (Lipinski definition) is 5. The molecule has 0 spiro atoms. The van der Waals surface area contributed by atoms with Gasteiger partial charge in [0.05, 0.1) is 0 Å². The molecule has 1 aliphatic heterocycles. The van der Waals surface area contributed by atoms with Crippen molar-refractivity contribution >= 4 is 11.6 Å². The van der Waals surface area contributed by atoms with Crippen LogP contribution in [0.2, 0.25) is 0 Å². The van der Waals surface area contributed by atoms with Crippen LogP contribution in [0.4, 0.5) is 0 Å². The SMILES string of the molecule is CCn1c([C@H]2CCCN(C(=O)c3cc4ncccn4n3)C2)nn(C)c1=O. The predicted molar refractivity (Wildman–Crippen MR) is 94.0 cm³/mol. The first kappa shape index (κ1) is 16.5. The van der Waals surface area contributed by atoms with E-state index in [2.05, 4.69) is 15.2 Å². The Morgan fingerprint density at radius 2 is 2.19 bits per heavy atom. The lowest BCUT2D eigenvalue weighted by molar-refractivity contribution is 0.0696. The van der Waals surface area contributed by atoms with Gasteiger partial charge in [0.1, 0.15) is 5.82 Å². The lowest BCUT2D eigenvalue weighted by Crippen LogP contribution is -2.40. The summed E-state index contributed by atoms with van der Waals surface area (Å²) in [6.07, 6.45) is 5.22. The molecule has 0 unspecified atom stereocenters. The summed E-state index contributed by atoms with van der Waals surface area (Å²) in [5.41, 5.74) is 0.921. The largest absolute Gasteiger partial charge is 0.345 e. The summed E-state index contributed by atoms with van der Waals surface area (Å²) >= 11 is 0. The van der Waals surface area contributed by atoms with Crippen LogP contribution in [-0.2, 0) is 13.6 Å². The molecule has 26 heavy (non-hydrogen) atoms. The zero-order valence-corrected chi connectivity index (χ0v) is 14.9. The van der Waals surface area contributed by atoms with Gasteiger partial charge in [0.15, 0.2) is 11.3 Å². The second-order valence-corrected chi connectivity index (χ2v) is 6.55. The van der Waals surface area contributed by atoms with Crippen molar-refractivity contribution < 1.29 is 4.79 Å². The maximum Gasteiger partial charge on any atom is 0.345 e. The van der Waals surface area contributed by atoms with Crippen LogP contribution in [0.5, 0.6) is 0 Å². The monoisotopic (exact) mass is 355 g/mol. The van der Waals surface area contributed by atoms with Crippen LogP contribution in [0, 0.1) is 0 Å². The van der Waals surface area contributed by atoms with E-state index in [4.69, 9.17) is 0 Å². The van der Waals surface area contributed by atoms with E-state index in [1.165, 1.54) is 4.68 Å². The van der Waals surface area contributed by atoms with Crippen LogP contribution in [0.3, 0.4) is 0 Å². The highest BCUT2D eigenvalue weighted by Crippen LogP contribution is 2.26. The highest BCUT2D eigenvalue weighted by molar-refractivity contribution is 5.93. The third kappa shape index (κ3) is 2.69. The van der Waals surface area contributed by atoms with Crippen LogP contribution in [0.15, 0.2) is 29.3 Å². The van der Waals surface area contributed by atoms with E-state index in [0.29, 0.717) is 31.0 Å². The lowest BCUT2D eigenvalue weighted by Gasteiger charge is -2.31. The van der Waals surface area contributed by atoms with Crippen molar-refractivity contribution in [1.29, 1.82) is 0 Å². The lowest BCUT2D eigenvalue weighted by atomic mass is 9.97. The van der Waals surface area contributed by atoms with Gasteiger partial charge in [-0.2, -0.15) is 10.2 Å². The van der Waals surface area contributed by atoms with Crippen molar-refractivity contribution in [3.05, 3.63) is 46.5 Å². The molecule has 136 valence electrons. The normalized spacial score (nSPS) is 17.8. The number of carbonyl (C=O) groups excluding carboxylic acids is 1. The Kier molecular flexibility index (Phi) is 4.06. The predicted octanol–water partition coefficient (Wildman–Crippen LogP) is 0.664. The van der Waals surface area contributed by atoms with E-state index in [1.54, 1.807) is 45.6 Å². The molecule has 9 heteroatoms. The average Bonchev–Trinajstić information content (AvgIpc) is 3.22. The van der Waals surface area contributed by atoms with Gasteiger partial charge in [-0.15, -0.1) is 0 Å². The molecule has 4 heterocycles. The first-order chi connectivity index (χ1) is 12.6. The van der Waals surface area contributed by atoms with E-state index in [9.17, 15) is 9.59 Å². The number of aromatic nitrogens is 6. The summed E-state index contributed by atoms with van der Waals surface area (Å²) in [5.74, 6) is 0.701. The smallest absolute Gasteiger partial charge is 0.337 e. The number of hydrogen-bond donors (Lipinski definition) is 0. The number of likely N-dealkylation sites (tertiary alicyclic amines) is 1. The van der Waals surface area contributed by atoms with E-state index < -0.39 is 0 Å². The Labute approximate surface area is 149 Å². The molecule has 1 fully saturated rings. The number of amides is 1. The number of piperidine rings is 1. The molecule has 1 aliphatic rings. The maximum atomic E-state index is 12.9. The van der Waals surface area contributed by atoms with Crippen molar-refractivity contribution in [2.75, 3.05) is 13.1 Å². The van der Waals surface area contributed by atoms with Crippen LogP contribution in [-0.4, -0.2) is 52.8 Å². The topological polar surface area (TPSA) is 90.3 Å². The van der Waals surface area contributed by atoms with Crippen molar-refractivity contribution in [2.24, 2.45) is 7.05 Å². The summed E-state index contributed by atoms with van der Waals surface area (Å²) in [4.78, 5) is 31.1. The number of aryl methyl sites for hydroxylation is 1. The standard InChI is InChI=1S/C17H21N7O2/c1-3-23-15(20-21(2)17(23)26)12-6-4-8-22(11-12)16(25)13-10-14-18-7-5-9-24(14)19-13/h5,7,9-10,12H,3-4,6,8,11H2,1-2H3/t12-/m0/s1. The fourth-order valence-electron chi connectivity index (χ4n) is 3.59. The minimum absolute atomic E-state index is 0.0525. The van der Waals surface area contributed by atoms with Gasteiger partial charge >= 0.3 is 5.69 Å². The van der Waals surface area contributed by atoms with Gasteiger partial charge in [-0.1, -0.05) is 0 Å². The van der Waals surface area contributed by atoms with Gasteiger partial charge < -0.3 is 4.90 Å². The molecule has 0 aromatic carbocycles. The first-order valence-corrected chi connectivity index (χ1v) is 8.82. The van der Waals surface area contributed by atoms with E-state index in [-0.39, 0.29) is 17.5 Å². The van der Waals surface area contributed by atoms with E-state index in [0.717, 1.165) is 18.7 Å². The quantitative estimate of drug-likeness (QED) is 0.689. The van der Waals surface area contributed by atoms with Crippen LogP contribution in [0.25, 0.3) is 5.65 Å². The first-order valence-electron chi connectivity index (χ1n) is 8.82. The summed E-state index contributed by atoms with van der Waals surface area (Å²) in [7, 11) is 1.66. The fourth-order valence-corrected chi connectivity index (χ4v) is 3.59. The Bertz CT molecular complexity index is 983. The van der Waals surface area contributed by atoms with Gasteiger partial charge in [0, 0.05) is 51.1 Å². The molecule has 9 nitrogen and oxygen atoms in total. The van der Waals surface area contributed by atoms with Crippen LogP contribution in [0.1, 0.15) is 42.0 Å². The molecule has 1 saturated heterocycles. The number of fused-ring (bicyclic) bond motifs is 1. The highest BCUT2D eigenvalue weighted by Gasteiger charge is 2.30. The Hall–Kier alpha value is -2.97. The van der Waals surface area contributed by atoms with Gasteiger partial charge in [-0.25, -0.2) is 19.0 Å². The molecule has 3 aromatic rings. The fraction of sp³-hybridized carbons (Fsp3) is 0.471. The summed E-state index contributed by atoms with van der Waals surface area (Å²) in [5, 5.41) is 8.73. The molecule has 0 radical (unpaired) electrons. The van der Waals surface area contributed by atoms with Crippen molar-refractivity contribution in [3.8, 4) is 0 Å². The van der Waals surface area contributed by atoms with Crippen molar-refractivity contribution in [2.45, 2.75) is 32.2 Å². The molecule has 0 saturated carbocycles. The summed E-state index contributed by atoms with van der Waals surface area (Å²) in [6.45, 7) is 3.73. The molecule has 0 N–H and O–H groups in total. The second-order valence-electron chi connectivity index (χ2n) is 6.55. The summed E-state index contributed by atoms with van der Waals surface area (Å²) < 4.78 is 4.66. The molecule has 4 rings (SSSR count). The van der Waals surface area contributed by atoms with Crippen molar-refractivity contribution in [3.63, 3.8) is 0 Å². The number of nitrogens with zero attached hydrogens (tertiary/aromatic N) is 7. The minimum atomic E-state index is -0.114. The Morgan fingerprint density at radius 1 is 1.35 bits per heavy atom. The molecule has 0 bridgehead atoms. The third-order valence-electron chi connectivity index (χ3n) is 4.88. The Balaban J connectivity index is 1.59. The molecular weight excluding hydrogens is 334 g/mol. The molecule has 1 atom stereocenters. The highest BCUT2D eigenvalue weighted by atomic mass is 16.2. The number of carbonyl (C=O) groups is 1. The van der Waals surface area contributed by atoms with Crippen molar-refractivity contribution in [1.82, 2.24) is 33.8 Å². The number of rotatable bonds is 3. The second kappa shape index (κ2) is 6.40. The van der Waals surface area contributed by atoms with Gasteiger partial charge in [-0.05, 0) is 25.8 Å².